The molecule has 4 heteroatoms. The van der Waals surface area contributed by atoms with Gasteiger partial charge < -0.3 is 9.47 Å². The quantitative estimate of drug-likeness (QED) is 0.766. The van der Waals surface area contributed by atoms with E-state index in [1.807, 2.05) is 0 Å². The standard InChI is InChI=1S/C9H9BrO3/c1-12-7-3-6(9(10)11)4-8(5-7)13-2/h3-5H,1-2H3. The van der Waals surface area contributed by atoms with Crippen LogP contribution in [-0.2, 0) is 0 Å². The maximum atomic E-state index is 11.0. The minimum absolute atomic E-state index is 0.190. The number of carbonyl (C=O) groups excluding carboxylic acids is 1. The molecule has 0 atom stereocenters. The third-order valence-electron chi connectivity index (χ3n) is 1.58. The van der Waals surface area contributed by atoms with E-state index < -0.39 is 0 Å². The number of halogens is 1. The van der Waals surface area contributed by atoms with Crippen molar-refractivity contribution < 1.29 is 14.3 Å². The lowest BCUT2D eigenvalue weighted by atomic mass is 10.2. The molecule has 0 aliphatic heterocycles. The zero-order valence-corrected chi connectivity index (χ0v) is 8.92. The van der Waals surface area contributed by atoms with Crippen molar-refractivity contribution in [2.45, 2.75) is 0 Å². The topological polar surface area (TPSA) is 35.5 Å². The van der Waals surface area contributed by atoms with E-state index in [0.29, 0.717) is 17.1 Å². The van der Waals surface area contributed by atoms with E-state index in [0.717, 1.165) is 0 Å². The lowest BCUT2D eigenvalue weighted by Gasteiger charge is -2.05. The van der Waals surface area contributed by atoms with E-state index in [4.69, 9.17) is 9.47 Å². The molecule has 0 aromatic heterocycles. The van der Waals surface area contributed by atoms with E-state index in [1.54, 1.807) is 18.2 Å². The minimum Gasteiger partial charge on any atom is -0.497 e. The van der Waals surface area contributed by atoms with E-state index in [9.17, 15) is 4.79 Å². The molecular formula is C9H9BrO3. The molecule has 0 bridgehead atoms. The van der Waals surface area contributed by atoms with Gasteiger partial charge in [-0.3, -0.25) is 4.79 Å². The van der Waals surface area contributed by atoms with Crippen molar-refractivity contribution in [1.29, 1.82) is 0 Å². The van der Waals surface area contributed by atoms with E-state index in [1.165, 1.54) is 14.2 Å². The molecule has 0 N–H and O–H groups in total. The Bertz CT molecular complexity index is 300. The van der Waals surface area contributed by atoms with Crippen molar-refractivity contribution >= 4 is 20.6 Å². The first-order chi connectivity index (χ1) is 6.17. The Hall–Kier alpha value is -1.03. The Balaban J connectivity index is 3.14. The van der Waals surface area contributed by atoms with Crippen molar-refractivity contribution in [2.75, 3.05) is 14.2 Å². The summed E-state index contributed by atoms with van der Waals surface area (Å²) in [5, 5.41) is 0. The fraction of sp³-hybridized carbons (Fsp3) is 0.222. The molecule has 0 amide bonds. The number of benzene rings is 1. The van der Waals surface area contributed by atoms with Crippen LogP contribution in [0.4, 0.5) is 0 Å². The predicted octanol–water partition coefficient (Wildman–Crippen LogP) is 2.24. The molecule has 0 aliphatic carbocycles. The van der Waals surface area contributed by atoms with Crippen molar-refractivity contribution in [3.8, 4) is 11.5 Å². The molecule has 0 radical (unpaired) electrons. The molecule has 1 aromatic carbocycles. The smallest absolute Gasteiger partial charge is 0.228 e. The van der Waals surface area contributed by atoms with Crippen LogP contribution < -0.4 is 9.47 Å². The van der Waals surface area contributed by atoms with Gasteiger partial charge in [-0.05, 0) is 28.1 Å². The Labute approximate surface area is 84.8 Å². The van der Waals surface area contributed by atoms with E-state index in [2.05, 4.69) is 15.9 Å². The number of hydrogen-bond acceptors (Lipinski definition) is 3. The normalized spacial score (nSPS) is 9.46. The highest BCUT2D eigenvalue weighted by molar-refractivity contribution is 9.18. The lowest BCUT2D eigenvalue weighted by Crippen LogP contribution is -1.93. The Morgan fingerprint density at radius 2 is 1.62 bits per heavy atom. The molecule has 13 heavy (non-hydrogen) atoms. The monoisotopic (exact) mass is 244 g/mol. The molecular weight excluding hydrogens is 236 g/mol. The zero-order chi connectivity index (χ0) is 9.84. The summed E-state index contributed by atoms with van der Waals surface area (Å²) >= 11 is 2.86. The van der Waals surface area contributed by atoms with Crippen LogP contribution in [0.25, 0.3) is 0 Å². The van der Waals surface area contributed by atoms with E-state index >= 15 is 0 Å². The Kier molecular flexibility index (Phi) is 3.31. The summed E-state index contributed by atoms with van der Waals surface area (Å²) in [5.74, 6) is 1.20. The van der Waals surface area contributed by atoms with Crippen LogP contribution in [0.2, 0.25) is 0 Å². The van der Waals surface area contributed by atoms with Gasteiger partial charge in [0.1, 0.15) is 11.5 Å². The molecule has 0 aliphatic rings. The van der Waals surface area contributed by atoms with Gasteiger partial charge in [0.2, 0.25) is 4.69 Å². The molecule has 0 unspecified atom stereocenters. The summed E-state index contributed by atoms with van der Waals surface area (Å²) in [6, 6.07) is 4.98. The highest BCUT2D eigenvalue weighted by atomic mass is 79.9. The van der Waals surface area contributed by atoms with Crippen LogP contribution in [0.15, 0.2) is 18.2 Å². The van der Waals surface area contributed by atoms with Gasteiger partial charge in [-0.2, -0.15) is 0 Å². The maximum Gasteiger partial charge on any atom is 0.228 e. The van der Waals surface area contributed by atoms with Gasteiger partial charge in [0, 0.05) is 11.6 Å². The first-order valence-corrected chi connectivity index (χ1v) is 4.39. The first kappa shape index (κ1) is 10.1. The van der Waals surface area contributed by atoms with Crippen molar-refractivity contribution in [1.82, 2.24) is 0 Å². The Morgan fingerprint density at radius 1 is 1.15 bits per heavy atom. The van der Waals surface area contributed by atoms with Gasteiger partial charge in [0.15, 0.2) is 0 Å². The van der Waals surface area contributed by atoms with Gasteiger partial charge in [-0.1, -0.05) is 0 Å². The molecule has 0 saturated carbocycles. The second-order valence-corrected chi connectivity index (χ2v) is 3.10. The summed E-state index contributed by atoms with van der Waals surface area (Å²) in [6.45, 7) is 0. The number of rotatable bonds is 3. The largest absolute Gasteiger partial charge is 0.497 e. The van der Waals surface area contributed by atoms with Gasteiger partial charge in [0.25, 0.3) is 0 Å². The molecule has 0 saturated heterocycles. The van der Waals surface area contributed by atoms with Gasteiger partial charge >= 0.3 is 0 Å². The van der Waals surface area contributed by atoms with Gasteiger partial charge in [-0.25, -0.2) is 0 Å². The summed E-state index contributed by atoms with van der Waals surface area (Å²) in [4.78, 5) is 11.0. The summed E-state index contributed by atoms with van der Waals surface area (Å²) in [5.41, 5.74) is 0.510. The fourth-order valence-corrected chi connectivity index (χ4v) is 1.15. The fourth-order valence-electron chi connectivity index (χ4n) is 0.921. The van der Waals surface area contributed by atoms with Crippen LogP contribution in [0.5, 0.6) is 11.5 Å². The lowest BCUT2D eigenvalue weighted by molar-refractivity contribution is 0.109. The average Bonchev–Trinajstić information content (AvgIpc) is 2.16. The third kappa shape index (κ3) is 2.45. The molecule has 1 aromatic rings. The summed E-state index contributed by atoms with van der Waals surface area (Å²) in [7, 11) is 3.08. The molecule has 0 heterocycles. The Morgan fingerprint density at radius 3 is 1.92 bits per heavy atom. The van der Waals surface area contributed by atoms with Crippen molar-refractivity contribution in [3.63, 3.8) is 0 Å². The zero-order valence-electron chi connectivity index (χ0n) is 7.33. The highest BCUT2D eigenvalue weighted by Gasteiger charge is 2.05. The van der Waals surface area contributed by atoms with Crippen LogP contribution in [0.3, 0.4) is 0 Å². The number of methoxy groups -OCH3 is 2. The van der Waals surface area contributed by atoms with Crippen LogP contribution >= 0.6 is 15.9 Å². The SMILES string of the molecule is COc1cc(OC)cc(C(=O)Br)c1. The number of hydrogen-bond donors (Lipinski definition) is 0. The van der Waals surface area contributed by atoms with Crippen LogP contribution in [0, 0.1) is 0 Å². The molecule has 70 valence electrons. The van der Waals surface area contributed by atoms with Gasteiger partial charge in [0.05, 0.1) is 14.2 Å². The number of carbonyl (C=O) groups is 1. The molecule has 0 spiro atoms. The third-order valence-corrected chi connectivity index (χ3v) is 2.04. The van der Waals surface area contributed by atoms with Crippen molar-refractivity contribution in [3.05, 3.63) is 23.8 Å². The second kappa shape index (κ2) is 4.28. The molecule has 0 fully saturated rings. The van der Waals surface area contributed by atoms with Crippen molar-refractivity contribution in [2.24, 2.45) is 0 Å². The first-order valence-electron chi connectivity index (χ1n) is 3.60. The van der Waals surface area contributed by atoms with Crippen LogP contribution in [-0.4, -0.2) is 18.9 Å². The number of ether oxygens (including phenoxy) is 2. The second-order valence-electron chi connectivity index (χ2n) is 2.38. The van der Waals surface area contributed by atoms with Crippen LogP contribution in [0.1, 0.15) is 10.4 Å². The summed E-state index contributed by atoms with van der Waals surface area (Å²) in [6.07, 6.45) is 0. The summed E-state index contributed by atoms with van der Waals surface area (Å²) < 4.78 is 9.80. The molecule has 1 rings (SSSR count). The van der Waals surface area contributed by atoms with Gasteiger partial charge in [-0.15, -0.1) is 0 Å². The minimum atomic E-state index is -0.190. The average molecular weight is 245 g/mol. The molecule has 3 nitrogen and oxygen atoms in total. The highest BCUT2D eigenvalue weighted by Crippen LogP contribution is 2.23. The predicted molar refractivity (Wildman–Crippen MR) is 52.8 cm³/mol. The van der Waals surface area contributed by atoms with E-state index in [-0.39, 0.29) is 4.69 Å². The maximum absolute atomic E-state index is 11.0.